The maximum absolute atomic E-state index is 5.72. The minimum absolute atomic E-state index is 0.327. The first-order valence-corrected chi connectivity index (χ1v) is 8.80. The predicted molar refractivity (Wildman–Crippen MR) is 93.8 cm³/mol. The Kier molecular flexibility index (Phi) is 4.18. The molecule has 0 bridgehead atoms. The summed E-state index contributed by atoms with van der Waals surface area (Å²) < 4.78 is 18.1. The third-order valence-corrected chi connectivity index (χ3v) is 4.61. The number of ether oxygens (including phenoxy) is 1. The summed E-state index contributed by atoms with van der Waals surface area (Å²) >= 11 is 4.94. The van der Waals surface area contributed by atoms with Crippen LogP contribution in [0.15, 0.2) is 67.2 Å². The highest BCUT2D eigenvalue weighted by Gasteiger charge is 2.14. The van der Waals surface area contributed by atoms with E-state index in [-0.39, 0.29) is 0 Å². The van der Waals surface area contributed by atoms with Gasteiger partial charge in [-0.25, -0.2) is 0 Å². The monoisotopic (exact) mass is 402 g/mol. The van der Waals surface area contributed by atoms with Gasteiger partial charge in [0.2, 0.25) is 0 Å². The van der Waals surface area contributed by atoms with E-state index in [1.165, 1.54) is 0 Å². The number of rotatable bonds is 5. The van der Waals surface area contributed by atoms with Crippen molar-refractivity contribution < 1.29 is 13.6 Å². The molecule has 0 aliphatic carbocycles. The molecule has 24 heavy (non-hydrogen) atoms. The number of hydrogen-bond donors (Lipinski definition) is 0. The Labute approximate surface area is 150 Å². The molecule has 0 aliphatic heterocycles. The van der Waals surface area contributed by atoms with Gasteiger partial charge in [-0.2, -0.15) is 0 Å². The second-order valence-corrected chi connectivity index (χ2v) is 6.76. The molecule has 0 N–H and O–H groups in total. The van der Waals surface area contributed by atoms with Gasteiger partial charge in [0.05, 0.1) is 4.88 Å². The summed E-state index contributed by atoms with van der Waals surface area (Å²) in [7, 11) is 0. The molecule has 0 radical (unpaired) electrons. The zero-order valence-corrected chi connectivity index (χ0v) is 14.7. The molecule has 1 aromatic carbocycles. The first kappa shape index (κ1) is 15.2. The molecular weight excluding hydrogens is 392 g/mol. The van der Waals surface area contributed by atoms with Crippen LogP contribution in [0.1, 0.15) is 5.76 Å². The Morgan fingerprint density at radius 1 is 0.958 bits per heavy atom. The lowest BCUT2D eigenvalue weighted by Gasteiger charge is -2.03. The lowest BCUT2D eigenvalue weighted by molar-refractivity contribution is 0.271. The van der Waals surface area contributed by atoms with Crippen LogP contribution in [0.2, 0.25) is 0 Å². The second kappa shape index (κ2) is 6.62. The SMILES string of the molecule is Brc1ccc(OCc2ccc(-c3nnc(-c4cccs4)o3)o2)cc1. The highest BCUT2D eigenvalue weighted by Crippen LogP contribution is 2.28. The van der Waals surface area contributed by atoms with Gasteiger partial charge in [-0.15, -0.1) is 21.5 Å². The molecule has 3 heterocycles. The molecule has 4 aromatic rings. The molecule has 0 saturated heterocycles. The van der Waals surface area contributed by atoms with Crippen molar-refractivity contribution in [3.05, 3.63) is 64.1 Å². The molecule has 0 aliphatic rings. The van der Waals surface area contributed by atoms with Crippen molar-refractivity contribution in [2.75, 3.05) is 0 Å². The van der Waals surface area contributed by atoms with Crippen molar-refractivity contribution in [1.29, 1.82) is 0 Å². The number of aromatic nitrogens is 2. The summed E-state index contributed by atoms with van der Waals surface area (Å²) in [6.45, 7) is 0.327. The summed E-state index contributed by atoms with van der Waals surface area (Å²) in [6, 6.07) is 15.1. The molecule has 4 rings (SSSR count). The van der Waals surface area contributed by atoms with E-state index in [9.17, 15) is 0 Å². The molecule has 0 fully saturated rings. The van der Waals surface area contributed by atoms with Gasteiger partial charge in [0.15, 0.2) is 5.76 Å². The van der Waals surface area contributed by atoms with Gasteiger partial charge in [0, 0.05) is 4.47 Å². The number of benzene rings is 1. The van der Waals surface area contributed by atoms with Crippen molar-refractivity contribution in [3.8, 4) is 28.2 Å². The zero-order chi connectivity index (χ0) is 16.4. The standard InChI is InChI=1S/C17H11BrN2O3S/c18-11-3-5-12(6-4-11)21-10-13-7-8-14(22-13)16-19-20-17(23-16)15-2-1-9-24-15/h1-9H,10H2. The molecule has 0 unspecified atom stereocenters. The van der Waals surface area contributed by atoms with E-state index in [2.05, 4.69) is 26.1 Å². The molecule has 0 spiro atoms. The Morgan fingerprint density at radius 2 is 1.79 bits per heavy atom. The van der Waals surface area contributed by atoms with Crippen LogP contribution in [0.5, 0.6) is 5.75 Å². The van der Waals surface area contributed by atoms with Gasteiger partial charge in [0.1, 0.15) is 18.1 Å². The van der Waals surface area contributed by atoms with Crippen LogP contribution in [0, 0.1) is 0 Å². The van der Waals surface area contributed by atoms with E-state index in [1.807, 2.05) is 47.8 Å². The van der Waals surface area contributed by atoms with Crippen molar-refractivity contribution in [2.24, 2.45) is 0 Å². The fourth-order valence-corrected chi connectivity index (χ4v) is 2.99. The van der Waals surface area contributed by atoms with Gasteiger partial charge in [-0.3, -0.25) is 0 Å². The topological polar surface area (TPSA) is 61.3 Å². The smallest absolute Gasteiger partial charge is 0.283 e. The minimum atomic E-state index is 0.327. The molecule has 0 amide bonds. The predicted octanol–water partition coefficient (Wildman–Crippen LogP) is 5.40. The molecule has 5 nitrogen and oxygen atoms in total. The number of nitrogens with zero attached hydrogens (tertiary/aromatic N) is 2. The average Bonchev–Trinajstić information content (AvgIpc) is 3.33. The first-order valence-electron chi connectivity index (χ1n) is 7.13. The van der Waals surface area contributed by atoms with Gasteiger partial charge in [0.25, 0.3) is 11.8 Å². The van der Waals surface area contributed by atoms with Crippen LogP contribution in [0.3, 0.4) is 0 Å². The molecule has 0 saturated carbocycles. The lowest BCUT2D eigenvalue weighted by atomic mass is 10.3. The number of thiophene rings is 1. The van der Waals surface area contributed by atoms with Crippen LogP contribution in [0.25, 0.3) is 22.4 Å². The van der Waals surface area contributed by atoms with E-state index in [4.69, 9.17) is 13.6 Å². The quantitative estimate of drug-likeness (QED) is 0.447. The molecule has 7 heteroatoms. The maximum atomic E-state index is 5.72. The first-order chi connectivity index (χ1) is 11.8. The Bertz CT molecular complexity index is 929. The van der Waals surface area contributed by atoms with Crippen molar-refractivity contribution in [1.82, 2.24) is 10.2 Å². The molecule has 0 atom stereocenters. The van der Waals surface area contributed by atoms with E-state index < -0.39 is 0 Å². The third kappa shape index (κ3) is 3.27. The van der Waals surface area contributed by atoms with Gasteiger partial charge in [-0.1, -0.05) is 22.0 Å². The van der Waals surface area contributed by atoms with Crippen LogP contribution in [-0.2, 0) is 6.61 Å². The summed E-state index contributed by atoms with van der Waals surface area (Å²) in [5, 5.41) is 10.0. The summed E-state index contributed by atoms with van der Waals surface area (Å²) in [5.41, 5.74) is 0. The Balaban J connectivity index is 1.45. The van der Waals surface area contributed by atoms with Crippen molar-refractivity contribution >= 4 is 27.3 Å². The highest BCUT2D eigenvalue weighted by atomic mass is 79.9. The largest absolute Gasteiger partial charge is 0.486 e. The fraction of sp³-hybridized carbons (Fsp3) is 0.0588. The van der Waals surface area contributed by atoms with E-state index in [0.29, 0.717) is 29.9 Å². The second-order valence-electron chi connectivity index (χ2n) is 4.90. The van der Waals surface area contributed by atoms with Crippen molar-refractivity contribution in [2.45, 2.75) is 6.61 Å². The van der Waals surface area contributed by atoms with Crippen LogP contribution < -0.4 is 4.74 Å². The fourth-order valence-electron chi connectivity index (χ4n) is 2.08. The normalized spacial score (nSPS) is 10.9. The minimum Gasteiger partial charge on any atom is -0.486 e. The van der Waals surface area contributed by atoms with Crippen LogP contribution in [0.4, 0.5) is 0 Å². The average molecular weight is 403 g/mol. The summed E-state index contributed by atoms with van der Waals surface area (Å²) in [6.07, 6.45) is 0. The molecule has 3 aromatic heterocycles. The maximum Gasteiger partial charge on any atom is 0.283 e. The zero-order valence-electron chi connectivity index (χ0n) is 12.3. The van der Waals surface area contributed by atoms with E-state index in [0.717, 1.165) is 15.1 Å². The Hall–Kier alpha value is -2.38. The molecular formula is C17H11BrN2O3S. The Morgan fingerprint density at radius 3 is 2.58 bits per heavy atom. The summed E-state index contributed by atoms with van der Waals surface area (Å²) in [4.78, 5) is 0.930. The van der Waals surface area contributed by atoms with Crippen molar-refractivity contribution in [3.63, 3.8) is 0 Å². The van der Waals surface area contributed by atoms with Gasteiger partial charge < -0.3 is 13.6 Å². The summed E-state index contributed by atoms with van der Waals surface area (Å²) in [5.74, 6) is 2.83. The van der Waals surface area contributed by atoms with E-state index >= 15 is 0 Å². The third-order valence-electron chi connectivity index (χ3n) is 3.22. The van der Waals surface area contributed by atoms with Gasteiger partial charge >= 0.3 is 0 Å². The van der Waals surface area contributed by atoms with Crippen LogP contribution >= 0.6 is 27.3 Å². The highest BCUT2D eigenvalue weighted by molar-refractivity contribution is 9.10. The molecule has 120 valence electrons. The van der Waals surface area contributed by atoms with E-state index in [1.54, 1.807) is 17.4 Å². The number of furan rings is 1. The number of halogens is 1. The number of hydrogen-bond acceptors (Lipinski definition) is 6. The lowest BCUT2D eigenvalue weighted by Crippen LogP contribution is -1.93. The van der Waals surface area contributed by atoms with Crippen LogP contribution in [-0.4, -0.2) is 10.2 Å². The van der Waals surface area contributed by atoms with Gasteiger partial charge in [-0.05, 0) is 47.8 Å².